The zero-order chi connectivity index (χ0) is 10.2. The summed E-state index contributed by atoms with van der Waals surface area (Å²) in [4.78, 5) is 0. The van der Waals surface area contributed by atoms with Crippen molar-refractivity contribution in [2.24, 2.45) is 0 Å². The number of para-hydroxylation sites is 1. The minimum Gasteiger partial charge on any atom is -0.493 e. The van der Waals surface area contributed by atoms with E-state index < -0.39 is 0 Å². The molecule has 14 heavy (non-hydrogen) atoms. The fraction of sp³-hybridized carbons (Fsp3) is 0.385. The molecule has 0 aliphatic heterocycles. The van der Waals surface area contributed by atoms with Crippen LogP contribution in [0.2, 0.25) is 0 Å². The van der Waals surface area contributed by atoms with Gasteiger partial charge in [0.15, 0.2) is 0 Å². The van der Waals surface area contributed by atoms with E-state index >= 15 is 0 Å². The van der Waals surface area contributed by atoms with Crippen molar-refractivity contribution in [1.82, 2.24) is 0 Å². The quantitative estimate of drug-likeness (QED) is 0.640. The van der Waals surface area contributed by atoms with Crippen LogP contribution in [0.15, 0.2) is 30.3 Å². The first-order valence-electron chi connectivity index (χ1n) is 5.23. The van der Waals surface area contributed by atoms with Gasteiger partial charge in [-0.3, -0.25) is 0 Å². The predicted molar refractivity (Wildman–Crippen MR) is 61.6 cm³/mol. The van der Waals surface area contributed by atoms with Gasteiger partial charge < -0.3 is 4.74 Å². The zero-order valence-corrected chi connectivity index (χ0v) is 8.99. The molecule has 76 valence electrons. The molecule has 0 saturated heterocycles. The molecular formula is C13H18O. The van der Waals surface area contributed by atoms with E-state index in [9.17, 15) is 0 Å². The molecule has 1 aromatic carbocycles. The predicted octanol–water partition coefficient (Wildman–Crippen LogP) is 3.90. The molecule has 1 heteroatoms. The number of hydrogen-bond donors (Lipinski definition) is 0. The van der Waals surface area contributed by atoms with Crippen LogP contribution in [0.1, 0.15) is 32.3 Å². The Morgan fingerprint density at radius 1 is 1.29 bits per heavy atom. The van der Waals surface area contributed by atoms with E-state index in [4.69, 9.17) is 4.74 Å². The van der Waals surface area contributed by atoms with Crippen molar-refractivity contribution in [3.63, 3.8) is 0 Å². The fourth-order valence-electron chi connectivity index (χ4n) is 1.26. The molecule has 1 aromatic rings. The summed E-state index contributed by atoms with van der Waals surface area (Å²) in [6.07, 6.45) is 6.39. The lowest BCUT2D eigenvalue weighted by Crippen LogP contribution is -1.97. The summed E-state index contributed by atoms with van der Waals surface area (Å²) in [6.45, 7) is 5.00. The van der Waals surface area contributed by atoms with Gasteiger partial charge in [-0.2, -0.15) is 0 Å². The van der Waals surface area contributed by atoms with E-state index in [1.54, 1.807) is 0 Å². The molecular weight excluding hydrogens is 172 g/mol. The van der Waals surface area contributed by atoms with Crippen LogP contribution in [0.3, 0.4) is 0 Å². The zero-order valence-electron chi connectivity index (χ0n) is 8.99. The lowest BCUT2D eigenvalue weighted by molar-refractivity contribution is 0.309. The van der Waals surface area contributed by atoms with Gasteiger partial charge in [-0.25, -0.2) is 0 Å². The van der Waals surface area contributed by atoms with Crippen LogP contribution in [0.25, 0.3) is 6.08 Å². The van der Waals surface area contributed by atoms with Crippen LogP contribution in [0.5, 0.6) is 5.75 Å². The molecule has 0 saturated carbocycles. The Kier molecular flexibility index (Phi) is 4.84. The van der Waals surface area contributed by atoms with Crippen molar-refractivity contribution in [1.29, 1.82) is 0 Å². The maximum atomic E-state index is 5.68. The van der Waals surface area contributed by atoms with Gasteiger partial charge in [0.25, 0.3) is 0 Å². The summed E-state index contributed by atoms with van der Waals surface area (Å²) >= 11 is 0. The highest BCUT2D eigenvalue weighted by Crippen LogP contribution is 2.19. The van der Waals surface area contributed by atoms with E-state index in [0.717, 1.165) is 24.3 Å². The second-order valence-electron chi connectivity index (χ2n) is 3.24. The third-order valence-corrected chi connectivity index (χ3v) is 2.02. The minimum atomic E-state index is 0.811. The van der Waals surface area contributed by atoms with Crippen LogP contribution < -0.4 is 4.74 Å². The Balaban J connectivity index is 2.64. The molecule has 1 nitrogen and oxygen atoms in total. The van der Waals surface area contributed by atoms with Crippen LogP contribution in [0.4, 0.5) is 0 Å². The molecule has 0 atom stereocenters. The van der Waals surface area contributed by atoms with Gasteiger partial charge in [0, 0.05) is 5.56 Å². The van der Waals surface area contributed by atoms with Crippen molar-refractivity contribution in [3.05, 3.63) is 35.9 Å². The van der Waals surface area contributed by atoms with Gasteiger partial charge in [-0.05, 0) is 19.4 Å². The number of rotatable bonds is 5. The van der Waals surface area contributed by atoms with Crippen LogP contribution in [0, 0.1) is 0 Å². The standard InChI is InChI=1S/C13H18O/c1-3-5-11-14-13-10-7-6-9-12(13)8-4-2/h4,6-10H,3,5,11H2,1-2H3. The Labute approximate surface area is 86.4 Å². The Morgan fingerprint density at radius 2 is 2.07 bits per heavy atom. The summed E-state index contributed by atoms with van der Waals surface area (Å²) in [6, 6.07) is 8.13. The first-order chi connectivity index (χ1) is 6.88. The van der Waals surface area contributed by atoms with E-state index in [0.29, 0.717) is 0 Å². The summed E-state index contributed by atoms with van der Waals surface area (Å²) in [5.41, 5.74) is 1.16. The average molecular weight is 190 g/mol. The summed E-state index contributed by atoms with van der Waals surface area (Å²) in [7, 11) is 0. The fourth-order valence-corrected chi connectivity index (χ4v) is 1.26. The van der Waals surface area contributed by atoms with Gasteiger partial charge in [0.1, 0.15) is 5.75 Å². The topological polar surface area (TPSA) is 9.23 Å². The van der Waals surface area contributed by atoms with Gasteiger partial charge in [-0.15, -0.1) is 0 Å². The van der Waals surface area contributed by atoms with Gasteiger partial charge in [0.05, 0.1) is 6.61 Å². The summed E-state index contributed by atoms with van der Waals surface area (Å²) < 4.78 is 5.68. The SMILES string of the molecule is CC=Cc1ccccc1OCCCC. The molecule has 1 rings (SSSR count). The summed E-state index contributed by atoms with van der Waals surface area (Å²) in [5, 5.41) is 0. The highest BCUT2D eigenvalue weighted by atomic mass is 16.5. The lowest BCUT2D eigenvalue weighted by atomic mass is 10.2. The third kappa shape index (κ3) is 3.25. The highest BCUT2D eigenvalue weighted by molar-refractivity contribution is 5.56. The Hall–Kier alpha value is -1.24. The molecule has 0 unspecified atom stereocenters. The largest absolute Gasteiger partial charge is 0.493 e. The highest BCUT2D eigenvalue weighted by Gasteiger charge is 1.97. The number of unbranched alkanes of at least 4 members (excludes halogenated alkanes) is 1. The van der Waals surface area contributed by atoms with Gasteiger partial charge >= 0.3 is 0 Å². The van der Waals surface area contributed by atoms with Crippen LogP contribution in [-0.2, 0) is 0 Å². The number of ether oxygens (including phenoxy) is 1. The van der Waals surface area contributed by atoms with Crippen LogP contribution >= 0.6 is 0 Å². The molecule has 0 heterocycles. The lowest BCUT2D eigenvalue weighted by Gasteiger charge is -2.07. The number of benzene rings is 1. The van der Waals surface area contributed by atoms with Crippen molar-refractivity contribution in [2.75, 3.05) is 6.61 Å². The smallest absolute Gasteiger partial charge is 0.126 e. The van der Waals surface area contributed by atoms with E-state index in [1.807, 2.05) is 31.2 Å². The molecule has 0 spiro atoms. The number of hydrogen-bond acceptors (Lipinski definition) is 1. The van der Waals surface area contributed by atoms with Crippen molar-refractivity contribution < 1.29 is 4.74 Å². The monoisotopic (exact) mass is 190 g/mol. The first kappa shape index (κ1) is 10.8. The third-order valence-electron chi connectivity index (χ3n) is 2.02. The molecule has 0 N–H and O–H groups in total. The number of allylic oxidation sites excluding steroid dienone is 1. The van der Waals surface area contributed by atoms with E-state index in [2.05, 4.69) is 19.1 Å². The van der Waals surface area contributed by atoms with Gasteiger partial charge in [-0.1, -0.05) is 43.7 Å². The molecule has 0 radical (unpaired) electrons. The maximum absolute atomic E-state index is 5.68. The van der Waals surface area contributed by atoms with Crippen molar-refractivity contribution in [3.8, 4) is 5.75 Å². The minimum absolute atomic E-state index is 0.811. The summed E-state index contributed by atoms with van der Waals surface area (Å²) in [5.74, 6) is 0.985. The maximum Gasteiger partial charge on any atom is 0.126 e. The molecule has 0 aliphatic rings. The Morgan fingerprint density at radius 3 is 2.79 bits per heavy atom. The van der Waals surface area contributed by atoms with E-state index in [-0.39, 0.29) is 0 Å². The second kappa shape index (κ2) is 6.25. The molecule has 0 bridgehead atoms. The van der Waals surface area contributed by atoms with Crippen molar-refractivity contribution in [2.45, 2.75) is 26.7 Å². The van der Waals surface area contributed by atoms with Crippen LogP contribution in [-0.4, -0.2) is 6.61 Å². The van der Waals surface area contributed by atoms with Crippen molar-refractivity contribution >= 4 is 6.08 Å². The first-order valence-corrected chi connectivity index (χ1v) is 5.23. The van der Waals surface area contributed by atoms with E-state index in [1.165, 1.54) is 6.42 Å². The molecule has 0 amide bonds. The second-order valence-corrected chi connectivity index (χ2v) is 3.24. The molecule has 0 fully saturated rings. The normalized spacial score (nSPS) is 10.7. The molecule has 0 aliphatic carbocycles. The Bertz CT molecular complexity index is 289. The average Bonchev–Trinajstić information content (AvgIpc) is 2.21. The molecule has 0 aromatic heterocycles. The van der Waals surface area contributed by atoms with Gasteiger partial charge in [0.2, 0.25) is 0 Å².